The van der Waals surface area contributed by atoms with E-state index < -0.39 is 0 Å². The zero-order valence-electron chi connectivity index (χ0n) is 12.7. The lowest BCUT2D eigenvalue weighted by Crippen LogP contribution is -2.21. The highest BCUT2D eigenvalue weighted by Crippen LogP contribution is 2.19. The van der Waals surface area contributed by atoms with Gasteiger partial charge in [0.25, 0.3) is 5.56 Å². The molecule has 0 unspecified atom stereocenters. The van der Waals surface area contributed by atoms with Crippen LogP contribution in [0.3, 0.4) is 0 Å². The molecule has 2 heterocycles. The van der Waals surface area contributed by atoms with Gasteiger partial charge >= 0.3 is 0 Å². The average Bonchev–Trinajstić information content (AvgIpc) is 3.07. The summed E-state index contributed by atoms with van der Waals surface area (Å²) in [4.78, 5) is 21.2. The van der Waals surface area contributed by atoms with Crippen LogP contribution in [-0.2, 0) is 6.54 Å². The van der Waals surface area contributed by atoms with Gasteiger partial charge in [0.05, 0.1) is 17.2 Å². The normalized spacial score (nSPS) is 11.1. The fourth-order valence-corrected chi connectivity index (χ4v) is 2.91. The van der Waals surface area contributed by atoms with E-state index in [1.54, 1.807) is 36.4 Å². The van der Waals surface area contributed by atoms with Gasteiger partial charge in [-0.15, -0.1) is 0 Å². The van der Waals surface area contributed by atoms with Crippen LogP contribution in [0.25, 0.3) is 22.3 Å². The summed E-state index contributed by atoms with van der Waals surface area (Å²) in [5.74, 6) is 0.763. The van der Waals surface area contributed by atoms with Gasteiger partial charge in [0.15, 0.2) is 0 Å². The third kappa shape index (κ3) is 3.20. The summed E-state index contributed by atoms with van der Waals surface area (Å²) in [5, 5.41) is 5.10. The van der Waals surface area contributed by atoms with E-state index in [-0.39, 0.29) is 12.1 Å². The fourth-order valence-electron chi connectivity index (χ4n) is 2.42. The van der Waals surface area contributed by atoms with Gasteiger partial charge in [0.2, 0.25) is 11.7 Å². The second kappa shape index (κ2) is 6.42. The van der Waals surface area contributed by atoms with Crippen molar-refractivity contribution in [2.75, 3.05) is 0 Å². The van der Waals surface area contributed by atoms with Crippen molar-refractivity contribution in [3.05, 3.63) is 74.5 Å². The molecule has 4 rings (SSSR count). The number of hydrogen-bond acceptors (Lipinski definition) is 5. The topological polar surface area (TPSA) is 73.8 Å². The molecule has 6 nitrogen and oxygen atoms in total. The summed E-state index contributed by atoms with van der Waals surface area (Å²) in [7, 11) is 0. The molecule has 2 aromatic heterocycles. The molecule has 0 aliphatic rings. The lowest BCUT2D eigenvalue weighted by atomic mass is 10.2. The molecular formula is C17H10BrClN4O2. The Hall–Kier alpha value is -2.51. The Labute approximate surface area is 155 Å². The summed E-state index contributed by atoms with van der Waals surface area (Å²) >= 11 is 9.24. The summed E-state index contributed by atoms with van der Waals surface area (Å²) in [6.45, 7) is 0.148. The molecule has 25 heavy (non-hydrogen) atoms. The van der Waals surface area contributed by atoms with Crippen LogP contribution in [0.5, 0.6) is 0 Å². The molecule has 8 heteroatoms. The van der Waals surface area contributed by atoms with Crippen LogP contribution < -0.4 is 5.56 Å². The van der Waals surface area contributed by atoms with E-state index >= 15 is 0 Å². The van der Waals surface area contributed by atoms with Crippen molar-refractivity contribution in [1.82, 2.24) is 19.7 Å². The molecule has 0 N–H and O–H groups in total. The molecule has 0 aliphatic heterocycles. The van der Waals surface area contributed by atoms with Gasteiger partial charge in [-0.3, -0.25) is 9.36 Å². The van der Waals surface area contributed by atoms with Gasteiger partial charge in [-0.1, -0.05) is 32.7 Å². The van der Waals surface area contributed by atoms with Crippen LogP contribution in [-0.4, -0.2) is 19.7 Å². The first-order valence-corrected chi connectivity index (χ1v) is 8.50. The van der Waals surface area contributed by atoms with E-state index in [0.29, 0.717) is 27.6 Å². The lowest BCUT2D eigenvalue weighted by molar-refractivity contribution is 0.369. The minimum Gasteiger partial charge on any atom is -0.337 e. The molecule has 0 amide bonds. The van der Waals surface area contributed by atoms with Gasteiger partial charge in [-0.25, -0.2) is 4.98 Å². The van der Waals surface area contributed by atoms with Gasteiger partial charge < -0.3 is 4.52 Å². The monoisotopic (exact) mass is 416 g/mol. The molecule has 0 bridgehead atoms. The maximum atomic E-state index is 12.6. The number of fused-ring (bicyclic) bond motifs is 1. The van der Waals surface area contributed by atoms with E-state index in [9.17, 15) is 4.79 Å². The summed E-state index contributed by atoms with van der Waals surface area (Å²) < 4.78 is 7.51. The first-order valence-electron chi connectivity index (χ1n) is 7.33. The van der Waals surface area contributed by atoms with Crippen LogP contribution in [0.4, 0.5) is 0 Å². The van der Waals surface area contributed by atoms with E-state index in [1.807, 2.05) is 6.07 Å². The Morgan fingerprint density at radius 3 is 2.76 bits per heavy atom. The van der Waals surface area contributed by atoms with Crippen molar-refractivity contribution in [2.45, 2.75) is 6.54 Å². The molecule has 0 atom stereocenters. The molecule has 0 fully saturated rings. The minimum atomic E-state index is -0.169. The number of halogens is 2. The molecule has 4 aromatic rings. The van der Waals surface area contributed by atoms with Crippen molar-refractivity contribution < 1.29 is 4.52 Å². The van der Waals surface area contributed by atoms with Crippen molar-refractivity contribution >= 4 is 38.4 Å². The highest BCUT2D eigenvalue weighted by molar-refractivity contribution is 9.10. The number of rotatable bonds is 3. The Morgan fingerprint density at radius 2 is 1.96 bits per heavy atom. The summed E-state index contributed by atoms with van der Waals surface area (Å²) in [6, 6.07) is 12.5. The summed E-state index contributed by atoms with van der Waals surface area (Å²) in [6.07, 6.45) is 1.48. The van der Waals surface area contributed by atoms with E-state index in [1.165, 1.54) is 10.9 Å². The van der Waals surface area contributed by atoms with Crippen LogP contribution in [0, 0.1) is 0 Å². The van der Waals surface area contributed by atoms with Crippen molar-refractivity contribution in [3.8, 4) is 11.4 Å². The quantitative estimate of drug-likeness (QED) is 0.505. The highest BCUT2D eigenvalue weighted by atomic mass is 79.9. The summed E-state index contributed by atoms with van der Waals surface area (Å²) in [5.41, 5.74) is 1.25. The largest absolute Gasteiger partial charge is 0.337 e. The van der Waals surface area contributed by atoms with Crippen molar-refractivity contribution in [3.63, 3.8) is 0 Å². The van der Waals surface area contributed by atoms with Gasteiger partial charge in [0, 0.05) is 15.1 Å². The maximum absolute atomic E-state index is 12.6. The van der Waals surface area contributed by atoms with Crippen molar-refractivity contribution in [2.24, 2.45) is 0 Å². The first kappa shape index (κ1) is 16.0. The van der Waals surface area contributed by atoms with Crippen LogP contribution in [0.1, 0.15) is 5.89 Å². The van der Waals surface area contributed by atoms with E-state index in [0.717, 1.165) is 10.0 Å². The van der Waals surface area contributed by atoms with Crippen LogP contribution in [0.15, 0.2) is 62.6 Å². The molecule has 2 aromatic carbocycles. The second-order valence-corrected chi connectivity index (χ2v) is 6.71. The molecule has 0 aliphatic carbocycles. The minimum absolute atomic E-state index is 0.148. The SMILES string of the molecule is O=c1c2cc(Br)ccc2ncn1Cc1nc(-c2ccc(Cl)cc2)no1. The zero-order valence-corrected chi connectivity index (χ0v) is 15.0. The van der Waals surface area contributed by atoms with Gasteiger partial charge in [-0.05, 0) is 42.5 Å². The van der Waals surface area contributed by atoms with E-state index in [4.69, 9.17) is 16.1 Å². The Kier molecular flexibility index (Phi) is 4.10. The molecular weight excluding hydrogens is 408 g/mol. The predicted molar refractivity (Wildman–Crippen MR) is 97.5 cm³/mol. The molecule has 124 valence electrons. The van der Waals surface area contributed by atoms with Crippen molar-refractivity contribution in [1.29, 1.82) is 0 Å². The lowest BCUT2D eigenvalue weighted by Gasteiger charge is -2.03. The number of nitrogens with zero attached hydrogens (tertiary/aromatic N) is 4. The Balaban J connectivity index is 1.67. The Bertz CT molecular complexity index is 1120. The molecule has 0 saturated heterocycles. The predicted octanol–water partition coefficient (Wildman–Crippen LogP) is 3.91. The third-order valence-corrected chi connectivity index (χ3v) is 4.41. The molecule has 0 spiro atoms. The molecule has 0 saturated carbocycles. The third-order valence-electron chi connectivity index (χ3n) is 3.66. The van der Waals surface area contributed by atoms with E-state index in [2.05, 4.69) is 31.1 Å². The highest BCUT2D eigenvalue weighted by Gasteiger charge is 2.11. The standard InChI is InChI=1S/C17H10BrClN4O2/c18-11-3-6-14-13(7-11)17(24)23(9-20-14)8-15-21-16(22-25-15)10-1-4-12(19)5-2-10/h1-7,9H,8H2. The Morgan fingerprint density at radius 1 is 1.16 bits per heavy atom. The number of aromatic nitrogens is 4. The number of hydrogen-bond donors (Lipinski definition) is 0. The van der Waals surface area contributed by atoms with Crippen LogP contribution in [0.2, 0.25) is 5.02 Å². The average molecular weight is 418 g/mol. The second-order valence-electron chi connectivity index (χ2n) is 5.36. The number of benzene rings is 2. The van der Waals surface area contributed by atoms with Gasteiger partial charge in [-0.2, -0.15) is 4.98 Å². The maximum Gasteiger partial charge on any atom is 0.261 e. The van der Waals surface area contributed by atoms with Crippen LogP contribution >= 0.6 is 27.5 Å². The van der Waals surface area contributed by atoms with Gasteiger partial charge in [0.1, 0.15) is 6.54 Å². The fraction of sp³-hybridized carbons (Fsp3) is 0.0588. The zero-order chi connectivity index (χ0) is 17.4. The molecule has 0 radical (unpaired) electrons. The smallest absolute Gasteiger partial charge is 0.261 e. The first-order chi connectivity index (χ1) is 12.1.